The van der Waals surface area contributed by atoms with Gasteiger partial charge in [0.2, 0.25) is 0 Å². The molecule has 0 aromatic heterocycles. The van der Waals surface area contributed by atoms with Gasteiger partial charge in [-0.3, -0.25) is 0 Å². The standard InChI is InChI=1S/C9H21N2O/c1-4-7-11(2,3)10-6-5-9(12)8-10/h9,12H,4-8H2,1-3H3/q+1. The van der Waals surface area contributed by atoms with Crippen LogP contribution in [0.2, 0.25) is 0 Å². The molecule has 1 N–H and O–H groups in total. The van der Waals surface area contributed by atoms with Gasteiger partial charge in [0.25, 0.3) is 0 Å². The molecule has 0 bridgehead atoms. The highest BCUT2D eigenvalue weighted by Crippen LogP contribution is 2.16. The van der Waals surface area contributed by atoms with Crippen LogP contribution in [0.1, 0.15) is 19.8 Å². The molecule has 1 atom stereocenters. The van der Waals surface area contributed by atoms with Crippen LogP contribution in [0.4, 0.5) is 0 Å². The van der Waals surface area contributed by atoms with Gasteiger partial charge in [0, 0.05) is 0 Å². The number of aliphatic hydroxyl groups excluding tert-OH is 1. The SMILES string of the molecule is CCC[N+](C)(C)N1CCC(O)C1. The average molecular weight is 173 g/mol. The predicted octanol–water partition coefficient (Wildman–Crippen LogP) is 0.454. The summed E-state index contributed by atoms with van der Waals surface area (Å²) in [6, 6.07) is 0. The molecule has 1 aliphatic heterocycles. The van der Waals surface area contributed by atoms with Gasteiger partial charge in [0.05, 0.1) is 39.8 Å². The van der Waals surface area contributed by atoms with Crippen molar-refractivity contribution in [3.05, 3.63) is 0 Å². The van der Waals surface area contributed by atoms with E-state index in [-0.39, 0.29) is 6.10 Å². The maximum absolute atomic E-state index is 9.38. The lowest BCUT2D eigenvalue weighted by Gasteiger charge is -2.37. The van der Waals surface area contributed by atoms with Crippen LogP contribution in [0.15, 0.2) is 0 Å². The molecule has 0 spiro atoms. The van der Waals surface area contributed by atoms with Crippen LogP contribution in [0, 0.1) is 0 Å². The molecule has 0 aromatic rings. The number of rotatable bonds is 3. The fourth-order valence-electron chi connectivity index (χ4n) is 1.90. The first kappa shape index (κ1) is 9.96. The van der Waals surface area contributed by atoms with Crippen LogP contribution >= 0.6 is 0 Å². The highest BCUT2D eigenvalue weighted by molar-refractivity contribution is 4.68. The molecule has 1 heterocycles. The molecule has 1 rings (SSSR count). The van der Waals surface area contributed by atoms with Crippen LogP contribution in [0.25, 0.3) is 0 Å². The van der Waals surface area contributed by atoms with Gasteiger partial charge in [0.15, 0.2) is 0 Å². The van der Waals surface area contributed by atoms with Crippen molar-refractivity contribution < 1.29 is 9.70 Å². The first-order chi connectivity index (χ1) is 5.56. The van der Waals surface area contributed by atoms with E-state index in [1.165, 1.54) is 6.42 Å². The van der Waals surface area contributed by atoms with Gasteiger partial charge in [-0.05, 0) is 12.8 Å². The van der Waals surface area contributed by atoms with Crippen LogP contribution in [-0.4, -0.2) is 54.5 Å². The Bertz CT molecular complexity index is 147. The summed E-state index contributed by atoms with van der Waals surface area (Å²) < 4.78 is 0.924. The monoisotopic (exact) mass is 173 g/mol. The molecule has 0 saturated carbocycles. The third-order valence-electron chi connectivity index (χ3n) is 2.68. The molecule has 1 aliphatic rings. The van der Waals surface area contributed by atoms with Crippen molar-refractivity contribution in [3.8, 4) is 0 Å². The number of nitrogens with zero attached hydrogens (tertiary/aromatic N) is 2. The number of quaternary nitrogens is 1. The minimum Gasteiger partial charge on any atom is -0.392 e. The predicted molar refractivity (Wildman–Crippen MR) is 49.5 cm³/mol. The van der Waals surface area contributed by atoms with E-state index in [0.29, 0.717) is 0 Å². The van der Waals surface area contributed by atoms with E-state index in [1.807, 2.05) is 0 Å². The Morgan fingerprint density at radius 3 is 2.58 bits per heavy atom. The summed E-state index contributed by atoms with van der Waals surface area (Å²) in [5.74, 6) is 0. The zero-order chi connectivity index (χ0) is 9.19. The second kappa shape index (κ2) is 3.73. The molecule has 1 saturated heterocycles. The van der Waals surface area contributed by atoms with Crippen molar-refractivity contribution in [3.63, 3.8) is 0 Å². The molecular weight excluding hydrogens is 152 g/mol. The van der Waals surface area contributed by atoms with Crippen molar-refractivity contribution in [2.75, 3.05) is 33.7 Å². The molecule has 0 aromatic carbocycles. The maximum atomic E-state index is 9.38. The first-order valence-corrected chi connectivity index (χ1v) is 4.82. The Morgan fingerprint density at radius 1 is 1.50 bits per heavy atom. The highest BCUT2D eigenvalue weighted by Gasteiger charge is 2.32. The molecule has 1 unspecified atom stereocenters. The topological polar surface area (TPSA) is 23.5 Å². The van der Waals surface area contributed by atoms with Crippen LogP contribution in [-0.2, 0) is 0 Å². The zero-order valence-corrected chi connectivity index (χ0v) is 8.45. The van der Waals surface area contributed by atoms with Crippen LogP contribution < -0.4 is 0 Å². The van der Waals surface area contributed by atoms with E-state index in [4.69, 9.17) is 0 Å². The summed E-state index contributed by atoms with van der Waals surface area (Å²) in [5, 5.41) is 11.7. The molecule has 0 amide bonds. The Balaban J connectivity index is 2.45. The van der Waals surface area contributed by atoms with Gasteiger partial charge < -0.3 is 5.11 Å². The fourth-order valence-corrected chi connectivity index (χ4v) is 1.90. The van der Waals surface area contributed by atoms with Crippen molar-refractivity contribution in [1.82, 2.24) is 5.01 Å². The van der Waals surface area contributed by atoms with E-state index >= 15 is 0 Å². The number of hydrogen-bond acceptors (Lipinski definition) is 2. The number of hydrogen-bond donors (Lipinski definition) is 1. The Morgan fingerprint density at radius 2 is 2.17 bits per heavy atom. The molecule has 3 nitrogen and oxygen atoms in total. The second-order valence-electron chi connectivity index (χ2n) is 4.20. The lowest BCUT2D eigenvalue weighted by Crippen LogP contribution is -2.54. The van der Waals surface area contributed by atoms with Gasteiger partial charge in [-0.25, -0.2) is 4.59 Å². The average Bonchev–Trinajstić information content (AvgIpc) is 2.36. The largest absolute Gasteiger partial charge is 0.392 e. The van der Waals surface area contributed by atoms with Gasteiger partial charge in [-0.2, -0.15) is 5.01 Å². The summed E-state index contributed by atoms with van der Waals surface area (Å²) in [7, 11) is 4.42. The second-order valence-corrected chi connectivity index (χ2v) is 4.20. The maximum Gasteiger partial charge on any atom is 0.0957 e. The Hall–Kier alpha value is -0.120. The number of β-amino-alcohol motifs (C(OH)–C–C–N with tert-alkyl or cyclic N) is 1. The highest BCUT2D eigenvalue weighted by atomic mass is 16.3. The zero-order valence-electron chi connectivity index (χ0n) is 8.45. The Kier molecular flexibility index (Phi) is 3.09. The van der Waals surface area contributed by atoms with E-state index in [0.717, 1.165) is 30.6 Å². The molecular formula is C9H21N2O+. The first-order valence-electron chi connectivity index (χ1n) is 4.82. The van der Waals surface area contributed by atoms with Crippen molar-refractivity contribution in [1.29, 1.82) is 0 Å². The molecule has 72 valence electrons. The Labute approximate surface area is 75.1 Å². The van der Waals surface area contributed by atoms with Crippen LogP contribution in [0.3, 0.4) is 0 Å². The smallest absolute Gasteiger partial charge is 0.0957 e. The molecule has 3 heteroatoms. The molecule has 0 aliphatic carbocycles. The molecule has 1 fully saturated rings. The van der Waals surface area contributed by atoms with E-state index in [2.05, 4.69) is 26.0 Å². The van der Waals surface area contributed by atoms with Crippen molar-refractivity contribution in [2.45, 2.75) is 25.9 Å². The van der Waals surface area contributed by atoms with E-state index in [1.54, 1.807) is 0 Å². The quantitative estimate of drug-likeness (QED) is 0.627. The van der Waals surface area contributed by atoms with Gasteiger partial charge in [0.1, 0.15) is 0 Å². The summed E-state index contributed by atoms with van der Waals surface area (Å²) >= 11 is 0. The lowest BCUT2D eigenvalue weighted by molar-refractivity contribution is -1.00. The normalized spacial score (nSPS) is 26.5. The van der Waals surface area contributed by atoms with Gasteiger partial charge in [-0.1, -0.05) is 6.92 Å². The molecule has 0 radical (unpaired) electrons. The lowest BCUT2D eigenvalue weighted by atomic mass is 10.3. The van der Waals surface area contributed by atoms with Gasteiger partial charge in [-0.15, -0.1) is 0 Å². The minimum atomic E-state index is -0.0979. The minimum absolute atomic E-state index is 0.0979. The summed E-state index contributed by atoms with van der Waals surface area (Å²) in [4.78, 5) is 0. The van der Waals surface area contributed by atoms with E-state index < -0.39 is 0 Å². The number of aliphatic hydroxyl groups is 1. The van der Waals surface area contributed by atoms with E-state index in [9.17, 15) is 5.11 Å². The van der Waals surface area contributed by atoms with Crippen LogP contribution in [0.5, 0.6) is 0 Å². The fraction of sp³-hybridized carbons (Fsp3) is 1.00. The summed E-state index contributed by atoms with van der Waals surface area (Å²) in [5.41, 5.74) is 0. The summed E-state index contributed by atoms with van der Waals surface area (Å²) in [6.07, 6.45) is 2.03. The third kappa shape index (κ3) is 2.19. The van der Waals surface area contributed by atoms with Crippen molar-refractivity contribution >= 4 is 0 Å². The molecule has 12 heavy (non-hydrogen) atoms. The van der Waals surface area contributed by atoms with Crippen molar-refractivity contribution in [2.24, 2.45) is 0 Å². The third-order valence-corrected chi connectivity index (χ3v) is 2.68. The summed E-state index contributed by atoms with van der Waals surface area (Å²) in [6.45, 7) is 5.24. The van der Waals surface area contributed by atoms with Gasteiger partial charge >= 0.3 is 0 Å².